The Balaban J connectivity index is 1.45. The Morgan fingerprint density at radius 1 is 1.06 bits per heavy atom. The quantitative estimate of drug-likeness (QED) is 0.429. The first-order valence-electron chi connectivity index (χ1n) is 9.75. The molecule has 3 N–H and O–H groups in total. The maximum Gasteiger partial charge on any atom is 0.302 e. The van der Waals surface area contributed by atoms with Crippen LogP contribution in [0.3, 0.4) is 0 Å². The van der Waals surface area contributed by atoms with Crippen molar-refractivity contribution in [3.63, 3.8) is 0 Å². The zero-order valence-electron chi connectivity index (χ0n) is 16.6. The molecule has 0 unspecified atom stereocenters. The minimum Gasteiger partial charge on any atom is -0.423 e. The van der Waals surface area contributed by atoms with Gasteiger partial charge in [-0.3, -0.25) is 10.1 Å². The first-order chi connectivity index (χ1) is 15.2. The molecule has 0 saturated heterocycles. The van der Waals surface area contributed by atoms with Crippen molar-refractivity contribution in [3.05, 3.63) is 88.3 Å². The molecule has 0 spiro atoms. The molecule has 31 heavy (non-hydrogen) atoms. The van der Waals surface area contributed by atoms with Crippen LogP contribution in [0.15, 0.2) is 92.8 Å². The number of carbonyl (C=O) groups excluding carboxylic acids is 1. The molecule has 0 fully saturated rings. The molecule has 0 bridgehead atoms. The number of oxazole rings is 1. The molecule has 1 amide bonds. The Labute approximate surface area is 182 Å². The number of hydrogen-bond acceptors (Lipinski definition) is 7. The van der Waals surface area contributed by atoms with Gasteiger partial charge < -0.3 is 15.1 Å². The van der Waals surface area contributed by atoms with Crippen LogP contribution in [-0.4, -0.2) is 16.9 Å². The molecule has 0 saturated carbocycles. The van der Waals surface area contributed by atoms with Crippen molar-refractivity contribution in [1.29, 1.82) is 0 Å². The Morgan fingerprint density at radius 3 is 2.65 bits per heavy atom. The van der Waals surface area contributed by atoms with Crippen molar-refractivity contribution in [2.45, 2.75) is 13.0 Å². The van der Waals surface area contributed by atoms with E-state index in [1.165, 1.54) is 0 Å². The van der Waals surface area contributed by atoms with E-state index in [0.717, 1.165) is 16.1 Å². The second-order valence-corrected chi connectivity index (χ2v) is 7.97. The summed E-state index contributed by atoms with van der Waals surface area (Å²) in [5, 5.41) is 11.2. The number of aliphatic imine (C=N–C) groups is 1. The van der Waals surface area contributed by atoms with Gasteiger partial charge in [0.1, 0.15) is 11.6 Å². The van der Waals surface area contributed by atoms with Crippen molar-refractivity contribution in [2.24, 2.45) is 4.99 Å². The summed E-state index contributed by atoms with van der Waals surface area (Å²) in [7, 11) is 0. The van der Waals surface area contributed by atoms with E-state index >= 15 is 0 Å². The molecule has 1 atom stereocenters. The van der Waals surface area contributed by atoms with Crippen LogP contribution < -0.4 is 16.0 Å². The summed E-state index contributed by atoms with van der Waals surface area (Å²) in [6, 6.07) is 20.7. The number of hydrogen-bond donors (Lipinski definition) is 3. The van der Waals surface area contributed by atoms with Crippen LogP contribution in [-0.2, 0) is 4.79 Å². The standard InChI is InChI=1S/C23H19N5O2S/c1-14-19(21(29)25-15-8-3-2-4-9-15)20(18-12-7-13-31-18)27-22(24-14)28-23-26-16-10-5-6-11-17(16)30-23/h2-13,20H,1H3,(H,25,29)(H2,24,26,27,28)/t20-/m1/s1. The minimum absolute atomic E-state index is 0.195. The van der Waals surface area contributed by atoms with Crippen LogP contribution in [0.25, 0.3) is 11.1 Å². The predicted octanol–water partition coefficient (Wildman–Crippen LogP) is 4.91. The van der Waals surface area contributed by atoms with Gasteiger partial charge in [-0.15, -0.1) is 11.3 Å². The molecule has 1 aliphatic rings. The van der Waals surface area contributed by atoms with Gasteiger partial charge in [0.2, 0.25) is 5.96 Å². The van der Waals surface area contributed by atoms with Crippen molar-refractivity contribution in [1.82, 2.24) is 10.3 Å². The lowest BCUT2D eigenvalue weighted by Crippen LogP contribution is -2.37. The van der Waals surface area contributed by atoms with E-state index in [1.807, 2.05) is 79.0 Å². The maximum atomic E-state index is 13.1. The topological polar surface area (TPSA) is 91.5 Å². The number of para-hydroxylation sites is 3. The molecule has 5 rings (SSSR count). The van der Waals surface area contributed by atoms with Crippen LogP contribution in [0.1, 0.15) is 17.8 Å². The summed E-state index contributed by atoms with van der Waals surface area (Å²) in [5.41, 5.74) is 3.45. The first-order valence-corrected chi connectivity index (χ1v) is 10.6. The fraction of sp³-hybridized carbons (Fsp3) is 0.0870. The number of allylic oxidation sites excluding steroid dienone is 1. The summed E-state index contributed by atoms with van der Waals surface area (Å²) < 4.78 is 5.75. The van der Waals surface area contributed by atoms with Gasteiger partial charge in [0.05, 0.1) is 5.57 Å². The molecule has 154 valence electrons. The number of benzene rings is 2. The lowest BCUT2D eigenvalue weighted by molar-refractivity contribution is -0.113. The molecule has 0 aliphatic carbocycles. The third kappa shape index (κ3) is 3.93. The third-order valence-corrected chi connectivity index (χ3v) is 5.77. The minimum atomic E-state index is -0.447. The molecule has 7 nitrogen and oxygen atoms in total. The lowest BCUT2D eigenvalue weighted by Gasteiger charge is -2.25. The van der Waals surface area contributed by atoms with Crippen LogP contribution in [0, 0.1) is 0 Å². The maximum absolute atomic E-state index is 13.1. The van der Waals surface area contributed by atoms with Gasteiger partial charge in [-0.05, 0) is 42.6 Å². The molecule has 2 aromatic carbocycles. The van der Waals surface area contributed by atoms with Gasteiger partial charge in [-0.2, -0.15) is 4.98 Å². The number of amides is 1. The van der Waals surface area contributed by atoms with Gasteiger partial charge in [-0.1, -0.05) is 36.4 Å². The van der Waals surface area contributed by atoms with Crippen LogP contribution in [0.5, 0.6) is 0 Å². The van der Waals surface area contributed by atoms with Crippen molar-refractivity contribution in [2.75, 3.05) is 10.6 Å². The van der Waals surface area contributed by atoms with Crippen LogP contribution in [0.2, 0.25) is 0 Å². The molecule has 8 heteroatoms. The Hall–Kier alpha value is -3.91. The molecule has 2 aromatic heterocycles. The highest BCUT2D eigenvalue weighted by atomic mass is 32.1. The molecule has 0 radical (unpaired) electrons. The summed E-state index contributed by atoms with van der Waals surface area (Å²) in [4.78, 5) is 23.3. The van der Waals surface area contributed by atoms with Gasteiger partial charge in [-0.25, -0.2) is 4.99 Å². The molecule has 3 heterocycles. The van der Waals surface area contributed by atoms with Crippen LogP contribution in [0.4, 0.5) is 11.7 Å². The average molecular weight is 430 g/mol. The number of carbonyl (C=O) groups is 1. The highest BCUT2D eigenvalue weighted by Gasteiger charge is 2.30. The molecular weight excluding hydrogens is 410 g/mol. The number of nitrogens with zero attached hydrogens (tertiary/aromatic N) is 2. The lowest BCUT2D eigenvalue weighted by atomic mass is 10.0. The van der Waals surface area contributed by atoms with Gasteiger partial charge in [0.15, 0.2) is 5.58 Å². The van der Waals surface area contributed by atoms with Gasteiger partial charge in [0, 0.05) is 16.3 Å². The van der Waals surface area contributed by atoms with E-state index in [4.69, 9.17) is 9.41 Å². The third-order valence-electron chi connectivity index (χ3n) is 4.85. The Morgan fingerprint density at radius 2 is 1.87 bits per heavy atom. The summed E-state index contributed by atoms with van der Waals surface area (Å²) in [6.07, 6.45) is 0. The van der Waals surface area contributed by atoms with E-state index in [-0.39, 0.29) is 5.91 Å². The first kappa shape index (κ1) is 19.1. The number of fused-ring (bicyclic) bond motifs is 1. The average Bonchev–Trinajstić information content (AvgIpc) is 3.43. The van der Waals surface area contributed by atoms with Crippen molar-refractivity contribution in [3.8, 4) is 0 Å². The summed E-state index contributed by atoms with van der Waals surface area (Å²) in [6.45, 7) is 1.86. The zero-order chi connectivity index (χ0) is 21.2. The van der Waals surface area contributed by atoms with Crippen LogP contribution >= 0.6 is 11.3 Å². The molecule has 4 aromatic rings. The normalized spacial score (nSPS) is 16.0. The number of nitrogens with one attached hydrogen (secondary N) is 3. The monoisotopic (exact) mass is 429 g/mol. The van der Waals surface area contributed by atoms with E-state index in [9.17, 15) is 4.79 Å². The van der Waals surface area contributed by atoms with Crippen molar-refractivity contribution < 1.29 is 9.21 Å². The molecule has 1 aliphatic heterocycles. The number of guanidine groups is 1. The van der Waals surface area contributed by atoms with E-state index < -0.39 is 6.04 Å². The highest BCUT2D eigenvalue weighted by molar-refractivity contribution is 7.10. The highest BCUT2D eigenvalue weighted by Crippen LogP contribution is 2.34. The van der Waals surface area contributed by atoms with Gasteiger partial charge >= 0.3 is 6.01 Å². The summed E-state index contributed by atoms with van der Waals surface area (Å²) >= 11 is 1.56. The number of anilines is 2. The zero-order valence-corrected chi connectivity index (χ0v) is 17.4. The number of aromatic nitrogens is 1. The number of thiophene rings is 1. The fourth-order valence-corrected chi connectivity index (χ4v) is 4.20. The SMILES string of the molecule is CC1=C(C(=O)Nc2ccccc2)[C@@H](c2cccs2)N=C(Nc2nc3ccccc3o2)N1. The number of rotatable bonds is 4. The van der Waals surface area contributed by atoms with Gasteiger partial charge in [0.25, 0.3) is 5.91 Å². The second kappa shape index (κ2) is 8.08. The molecular formula is C23H19N5O2S. The second-order valence-electron chi connectivity index (χ2n) is 6.99. The Bertz CT molecular complexity index is 1260. The van der Waals surface area contributed by atoms with E-state index in [2.05, 4.69) is 20.9 Å². The van der Waals surface area contributed by atoms with E-state index in [1.54, 1.807) is 11.3 Å². The fourth-order valence-electron chi connectivity index (χ4n) is 3.43. The largest absolute Gasteiger partial charge is 0.423 e. The summed E-state index contributed by atoms with van der Waals surface area (Å²) in [5.74, 6) is 0.276. The van der Waals surface area contributed by atoms with E-state index in [0.29, 0.717) is 28.8 Å². The smallest absolute Gasteiger partial charge is 0.302 e. The Kier molecular flexibility index (Phi) is 4.97. The van der Waals surface area contributed by atoms with Crippen molar-refractivity contribution >= 4 is 46.0 Å². The predicted molar refractivity (Wildman–Crippen MR) is 123 cm³/mol.